The minimum absolute atomic E-state index is 0.127. The highest BCUT2D eigenvalue weighted by Crippen LogP contribution is 2.29. The van der Waals surface area contributed by atoms with Crippen LogP contribution >= 0.6 is 11.6 Å². The fourth-order valence-electron chi connectivity index (χ4n) is 3.83. The molecule has 1 heterocycles. The number of β-amino-alcohol motifs (C(OH)–C–C–N with tert-alkyl or cyclic N) is 1. The van der Waals surface area contributed by atoms with Gasteiger partial charge in [0.2, 0.25) is 0 Å². The number of hydrogen-bond donors (Lipinski definition) is 1. The van der Waals surface area contributed by atoms with Crippen LogP contribution in [0.1, 0.15) is 22.0 Å². The highest BCUT2D eigenvalue weighted by molar-refractivity contribution is 6.31. The van der Waals surface area contributed by atoms with Crippen LogP contribution in [0.3, 0.4) is 0 Å². The molecule has 0 amide bonds. The van der Waals surface area contributed by atoms with Gasteiger partial charge in [0.25, 0.3) is 0 Å². The summed E-state index contributed by atoms with van der Waals surface area (Å²) in [6, 6.07) is 13.3. The Bertz CT molecular complexity index is 931. The molecule has 8 nitrogen and oxygen atoms in total. The van der Waals surface area contributed by atoms with Gasteiger partial charge in [0.1, 0.15) is 24.5 Å². The minimum Gasteiger partial charge on any atom is -0.491 e. The Morgan fingerprint density at radius 1 is 1.00 bits per heavy atom. The highest BCUT2D eigenvalue weighted by Gasteiger charge is 2.32. The van der Waals surface area contributed by atoms with Crippen LogP contribution in [-0.2, 0) is 14.3 Å². The molecule has 1 aliphatic heterocycles. The molecule has 2 aromatic rings. The summed E-state index contributed by atoms with van der Waals surface area (Å²) in [5.41, 5.74) is 1.16. The fraction of sp³-hybridized carbons (Fsp3) is 0.417. The molecular weight excluding hydrogens is 448 g/mol. The number of carbonyl (C=O) groups is 2. The maximum absolute atomic E-state index is 12.5. The molecule has 178 valence electrons. The van der Waals surface area contributed by atoms with E-state index in [0.717, 1.165) is 5.56 Å². The molecule has 0 bridgehead atoms. The Morgan fingerprint density at radius 3 is 2.27 bits per heavy atom. The van der Waals surface area contributed by atoms with Gasteiger partial charge in [-0.1, -0.05) is 29.8 Å². The lowest BCUT2D eigenvalue weighted by Crippen LogP contribution is -2.51. The lowest BCUT2D eigenvalue weighted by Gasteiger charge is -2.39. The predicted octanol–water partition coefficient (Wildman–Crippen LogP) is 2.40. The molecule has 9 heteroatoms. The maximum Gasteiger partial charge on any atom is 0.337 e. The average Bonchev–Trinajstić information content (AvgIpc) is 2.84. The normalized spacial score (nSPS) is 16.6. The number of aliphatic hydroxyl groups excluding tert-OH is 1. The molecule has 3 rings (SSSR count). The quantitative estimate of drug-likeness (QED) is 0.552. The molecular formula is C24H29ClN2O6. The number of hydrogen-bond acceptors (Lipinski definition) is 8. The van der Waals surface area contributed by atoms with Crippen LogP contribution in [0.15, 0.2) is 48.5 Å². The van der Waals surface area contributed by atoms with Gasteiger partial charge in [-0.05, 0) is 35.9 Å². The van der Waals surface area contributed by atoms with Gasteiger partial charge in [0.05, 0.1) is 19.8 Å². The Morgan fingerprint density at radius 2 is 1.67 bits per heavy atom. The zero-order chi connectivity index (χ0) is 23.8. The minimum atomic E-state index is -0.684. The number of halogens is 1. The second-order valence-corrected chi connectivity index (χ2v) is 8.17. The van der Waals surface area contributed by atoms with Gasteiger partial charge in [-0.3, -0.25) is 9.80 Å². The smallest absolute Gasteiger partial charge is 0.337 e. The Balaban J connectivity index is 1.49. The summed E-state index contributed by atoms with van der Waals surface area (Å²) in [5.74, 6) is -0.194. The molecule has 1 saturated heterocycles. The molecule has 0 aliphatic carbocycles. The van der Waals surface area contributed by atoms with Gasteiger partial charge < -0.3 is 19.3 Å². The number of piperazine rings is 1. The molecule has 1 N–H and O–H groups in total. The number of ether oxygens (including phenoxy) is 3. The van der Waals surface area contributed by atoms with Crippen LogP contribution < -0.4 is 4.74 Å². The van der Waals surface area contributed by atoms with Crippen molar-refractivity contribution >= 4 is 23.5 Å². The predicted molar refractivity (Wildman–Crippen MR) is 124 cm³/mol. The number of rotatable bonds is 9. The average molecular weight is 477 g/mol. The first kappa shape index (κ1) is 25.0. The summed E-state index contributed by atoms with van der Waals surface area (Å²) in [7, 11) is 2.71. The van der Waals surface area contributed by atoms with Gasteiger partial charge in [-0.2, -0.15) is 0 Å². The molecule has 1 fully saturated rings. The van der Waals surface area contributed by atoms with Crippen molar-refractivity contribution in [2.24, 2.45) is 0 Å². The van der Waals surface area contributed by atoms with E-state index in [1.165, 1.54) is 14.2 Å². The van der Waals surface area contributed by atoms with E-state index in [1.54, 1.807) is 30.3 Å². The summed E-state index contributed by atoms with van der Waals surface area (Å²) in [5, 5.41) is 10.9. The largest absolute Gasteiger partial charge is 0.491 e. The number of methoxy groups -OCH3 is 2. The van der Waals surface area contributed by atoms with Gasteiger partial charge in [0, 0.05) is 37.7 Å². The lowest BCUT2D eigenvalue weighted by atomic mass is 10.0. The van der Waals surface area contributed by atoms with Crippen molar-refractivity contribution in [3.05, 3.63) is 64.7 Å². The maximum atomic E-state index is 12.5. The number of carbonyl (C=O) groups excluding carboxylic acids is 2. The van der Waals surface area contributed by atoms with Gasteiger partial charge in [0.15, 0.2) is 0 Å². The lowest BCUT2D eigenvalue weighted by molar-refractivity contribution is -0.148. The second kappa shape index (κ2) is 12.0. The Hall–Kier alpha value is -2.65. The van der Waals surface area contributed by atoms with Crippen molar-refractivity contribution in [1.29, 1.82) is 0 Å². The summed E-state index contributed by atoms with van der Waals surface area (Å²) in [6.07, 6.45) is -0.684. The van der Waals surface area contributed by atoms with E-state index in [4.69, 9.17) is 21.1 Å². The first-order chi connectivity index (χ1) is 15.9. The molecule has 2 atom stereocenters. The molecule has 2 aromatic carbocycles. The van der Waals surface area contributed by atoms with Crippen molar-refractivity contribution in [3.63, 3.8) is 0 Å². The van der Waals surface area contributed by atoms with Crippen molar-refractivity contribution in [3.8, 4) is 5.75 Å². The van der Waals surface area contributed by atoms with Crippen LogP contribution in [0.5, 0.6) is 5.75 Å². The zero-order valence-electron chi connectivity index (χ0n) is 18.8. The monoisotopic (exact) mass is 476 g/mol. The molecule has 0 aromatic heterocycles. The zero-order valence-corrected chi connectivity index (χ0v) is 19.5. The topological polar surface area (TPSA) is 88.5 Å². The van der Waals surface area contributed by atoms with E-state index in [-0.39, 0.29) is 12.6 Å². The molecule has 1 aliphatic rings. The van der Waals surface area contributed by atoms with Crippen molar-refractivity contribution in [2.75, 3.05) is 53.6 Å². The summed E-state index contributed by atoms with van der Waals surface area (Å²) >= 11 is 6.34. The van der Waals surface area contributed by atoms with Crippen LogP contribution in [0.4, 0.5) is 0 Å². The molecule has 2 unspecified atom stereocenters. The van der Waals surface area contributed by atoms with E-state index >= 15 is 0 Å². The summed E-state index contributed by atoms with van der Waals surface area (Å²) < 4.78 is 15.3. The van der Waals surface area contributed by atoms with Gasteiger partial charge in [-0.15, -0.1) is 0 Å². The molecule has 0 spiro atoms. The molecule has 0 radical (unpaired) electrons. The van der Waals surface area contributed by atoms with Crippen LogP contribution in [0, 0.1) is 0 Å². The third kappa shape index (κ3) is 6.68. The van der Waals surface area contributed by atoms with Gasteiger partial charge >= 0.3 is 11.9 Å². The first-order valence-corrected chi connectivity index (χ1v) is 11.1. The third-order valence-electron chi connectivity index (χ3n) is 5.58. The van der Waals surface area contributed by atoms with E-state index < -0.39 is 18.1 Å². The highest BCUT2D eigenvalue weighted by atomic mass is 35.5. The number of nitrogens with zero attached hydrogens (tertiary/aromatic N) is 2. The van der Waals surface area contributed by atoms with Crippen molar-refractivity contribution < 1.29 is 28.9 Å². The number of benzene rings is 2. The second-order valence-electron chi connectivity index (χ2n) is 7.76. The van der Waals surface area contributed by atoms with Crippen LogP contribution in [0.2, 0.25) is 5.02 Å². The Labute approximate surface area is 198 Å². The fourth-order valence-corrected chi connectivity index (χ4v) is 4.07. The molecule has 33 heavy (non-hydrogen) atoms. The standard InChI is InChI=1S/C24H29ClN2O6/c1-31-23(29)17-7-9-19(10-8-17)33-16-18(28)15-26-11-13-27(14-12-26)22(24(30)32-2)20-5-3-4-6-21(20)25/h3-10,18,22,28H,11-16H2,1-2H3. The third-order valence-corrected chi connectivity index (χ3v) is 5.93. The van der Waals surface area contributed by atoms with Gasteiger partial charge in [-0.25, -0.2) is 9.59 Å². The SMILES string of the molecule is COC(=O)c1ccc(OCC(O)CN2CCN(C(C(=O)OC)c3ccccc3Cl)CC2)cc1. The van der Waals surface area contributed by atoms with Crippen LogP contribution in [0.25, 0.3) is 0 Å². The number of aliphatic hydroxyl groups is 1. The van der Waals surface area contributed by atoms with E-state index in [9.17, 15) is 14.7 Å². The van der Waals surface area contributed by atoms with Crippen molar-refractivity contribution in [1.82, 2.24) is 9.80 Å². The van der Waals surface area contributed by atoms with Crippen molar-refractivity contribution in [2.45, 2.75) is 12.1 Å². The molecule has 0 saturated carbocycles. The summed E-state index contributed by atoms with van der Waals surface area (Å²) in [4.78, 5) is 28.2. The van der Waals surface area contributed by atoms with E-state index in [2.05, 4.69) is 14.5 Å². The Kier molecular flexibility index (Phi) is 9.08. The summed E-state index contributed by atoms with van der Waals surface area (Å²) in [6.45, 7) is 3.21. The van der Waals surface area contributed by atoms with E-state index in [1.807, 2.05) is 18.2 Å². The van der Waals surface area contributed by atoms with E-state index in [0.29, 0.717) is 49.1 Å². The van der Waals surface area contributed by atoms with Crippen LogP contribution in [-0.4, -0.2) is 86.5 Å². The first-order valence-electron chi connectivity index (χ1n) is 10.7. The number of esters is 2.